The van der Waals surface area contributed by atoms with E-state index in [0.717, 1.165) is 5.69 Å². The molecular weight excluding hydrogens is 288 g/mol. The summed E-state index contributed by atoms with van der Waals surface area (Å²) in [6.45, 7) is 1.58. The first kappa shape index (κ1) is 15.0. The van der Waals surface area contributed by atoms with Gasteiger partial charge in [-0.25, -0.2) is 0 Å². The molecule has 5 heteroatoms. The number of amides is 1. The molecule has 2 rings (SSSR count). The Balaban J connectivity index is 2.21. The number of carbonyl (C=O) groups excluding carboxylic acids is 1. The molecule has 1 heterocycles. The van der Waals surface area contributed by atoms with Crippen LogP contribution in [0.25, 0.3) is 0 Å². The van der Waals surface area contributed by atoms with Crippen molar-refractivity contribution in [3.05, 3.63) is 58.4 Å². The summed E-state index contributed by atoms with van der Waals surface area (Å²) in [5.74, 6) is 4.96. The Labute approximate surface area is 127 Å². The van der Waals surface area contributed by atoms with Crippen molar-refractivity contribution >= 4 is 23.2 Å². The molecule has 0 saturated heterocycles. The molecule has 0 aliphatic rings. The molecule has 1 amide bonds. The number of aryl methyl sites for hydroxylation is 1. The van der Waals surface area contributed by atoms with Gasteiger partial charge in [0, 0.05) is 17.3 Å². The van der Waals surface area contributed by atoms with Crippen LogP contribution < -0.4 is 5.32 Å². The van der Waals surface area contributed by atoms with Crippen molar-refractivity contribution in [1.29, 1.82) is 0 Å². The first-order chi connectivity index (χ1) is 10.1. The lowest BCUT2D eigenvalue weighted by Gasteiger charge is -2.08. The molecule has 4 nitrogen and oxygen atoms in total. The summed E-state index contributed by atoms with van der Waals surface area (Å²) < 4.78 is 0. The summed E-state index contributed by atoms with van der Waals surface area (Å²) in [4.78, 5) is 16.3. The van der Waals surface area contributed by atoms with Crippen molar-refractivity contribution in [2.24, 2.45) is 0 Å². The van der Waals surface area contributed by atoms with E-state index < -0.39 is 0 Å². The van der Waals surface area contributed by atoms with Crippen molar-refractivity contribution < 1.29 is 9.90 Å². The summed E-state index contributed by atoms with van der Waals surface area (Å²) in [5, 5.41) is 11.8. The average molecular weight is 301 g/mol. The third-order valence-corrected chi connectivity index (χ3v) is 3.10. The van der Waals surface area contributed by atoms with Gasteiger partial charge in [-0.15, -0.1) is 0 Å². The second-order valence-electron chi connectivity index (χ2n) is 4.25. The van der Waals surface area contributed by atoms with Crippen LogP contribution in [0, 0.1) is 18.8 Å². The van der Waals surface area contributed by atoms with Crippen molar-refractivity contribution in [2.45, 2.75) is 6.92 Å². The predicted octanol–water partition coefficient (Wildman–Crippen LogP) is 2.64. The smallest absolute Gasteiger partial charge is 0.255 e. The van der Waals surface area contributed by atoms with Gasteiger partial charge in [0.05, 0.1) is 16.4 Å². The van der Waals surface area contributed by atoms with E-state index in [1.54, 1.807) is 36.5 Å². The fraction of sp³-hybridized carbons (Fsp3) is 0.125. The summed E-state index contributed by atoms with van der Waals surface area (Å²) in [6.07, 6.45) is 1.66. The fourth-order valence-corrected chi connectivity index (χ4v) is 1.93. The van der Waals surface area contributed by atoms with Gasteiger partial charge >= 0.3 is 0 Å². The second-order valence-corrected chi connectivity index (χ2v) is 4.65. The fourth-order valence-electron chi connectivity index (χ4n) is 1.70. The van der Waals surface area contributed by atoms with Crippen LogP contribution in [0.2, 0.25) is 5.02 Å². The Morgan fingerprint density at radius 1 is 1.43 bits per heavy atom. The number of nitrogens with one attached hydrogen (secondary N) is 1. The summed E-state index contributed by atoms with van der Waals surface area (Å²) in [7, 11) is 0. The molecule has 0 spiro atoms. The molecule has 0 aliphatic heterocycles. The zero-order valence-electron chi connectivity index (χ0n) is 11.4. The average Bonchev–Trinajstić information content (AvgIpc) is 2.48. The van der Waals surface area contributed by atoms with E-state index in [0.29, 0.717) is 21.8 Å². The third-order valence-electron chi connectivity index (χ3n) is 2.79. The number of aliphatic hydroxyl groups excluding tert-OH is 1. The summed E-state index contributed by atoms with van der Waals surface area (Å²) in [6, 6.07) is 8.36. The van der Waals surface area contributed by atoms with Gasteiger partial charge in [0.25, 0.3) is 5.91 Å². The first-order valence-electron chi connectivity index (χ1n) is 6.24. The molecule has 0 unspecified atom stereocenters. The van der Waals surface area contributed by atoms with Gasteiger partial charge in [0.1, 0.15) is 6.61 Å². The molecule has 106 valence electrons. The maximum Gasteiger partial charge on any atom is 0.255 e. The summed E-state index contributed by atoms with van der Waals surface area (Å²) >= 11 is 6.07. The molecule has 0 atom stereocenters. The predicted molar refractivity (Wildman–Crippen MR) is 82.3 cm³/mol. The van der Waals surface area contributed by atoms with Gasteiger partial charge in [-0.3, -0.25) is 9.78 Å². The monoisotopic (exact) mass is 300 g/mol. The number of aliphatic hydroxyl groups is 1. The largest absolute Gasteiger partial charge is 0.384 e. The number of nitrogens with zero attached hydrogens (tertiary/aromatic N) is 1. The molecular formula is C16H13ClN2O2. The minimum Gasteiger partial charge on any atom is -0.384 e. The van der Waals surface area contributed by atoms with E-state index >= 15 is 0 Å². The van der Waals surface area contributed by atoms with Gasteiger partial charge in [-0.05, 0) is 37.3 Å². The Bertz CT molecular complexity index is 733. The maximum atomic E-state index is 12.2. The van der Waals surface area contributed by atoms with Crippen molar-refractivity contribution in [1.82, 2.24) is 4.98 Å². The normalized spacial score (nSPS) is 9.67. The number of halogens is 1. The lowest BCUT2D eigenvalue weighted by molar-refractivity contribution is 0.102. The first-order valence-corrected chi connectivity index (χ1v) is 6.62. The zero-order chi connectivity index (χ0) is 15.2. The minimum atomic E-state index is -0.269. The van der Waals surface area contributed by atoms with E-state index in [-0.39, 0.29) is 12.5 Å². The van der Waals surface area contributed by atoms with Crippen molar-refractivity contribution in [3.63, 3.8) is 0 Å². The number of hydrogen-bond acceptors (Lipinski definition) is 3. The molecule has 0 bridgehead atoms. The van der Waals surface area contributed by atoms with Gasteiger partial charge in [0.15, 0.2) is 0 Å². The van der Waals surface area contributed by atoms with Crippen LogP contribution in [0.3, 0.4) is 0 Å². The van der Waals surface area contributed by atoms with E-state index in [4.69, 9.17) is 16.7 Å². The highest BCUT2D eigenvalue weighted by atomic mass is 35.5. The molecule has 2 aromatic rings. The molecule has 21 heavy (non-hydrogen) atoms. The van der Waals surface area contributed by atoms with Crippen LogP contribution in [0.15, 0.2) is 36.5 Å². The van der Waals surface area contributed by atoms with Crippen LogP contribution in [0.4, 0.5) is 5.69 Å². The van der Waals surface area contributed by atoms with Gasteiger partial charge in [-0.2, -0.15) is 0 Å². The second kappa shape index (κ2) is 6.89. The summed E-state index contributed by atoms with van der Waals surface area (Å²) in [5.41, 5.74) is 2.39. The molecule has 0 aliphatic carbocycles. The Hall–Kier alpha value is -2.35. The number of aromatic nitrogens is 1. The van der Waals surface area contributed by atoms with E-state index in [9.17, 15) is 4.79 Å². The molecule has 1 aromatic heterocycles. The SMILES string of the molecule is Cc1ncccc1NC(=O)c1ccc(C#CCO)c(Cl)c1. The van der Waals surface area contributed by atoms with E-state index in [2.05, 4.69) is 22.1 Å². The number of hydrogen-bond donors (Lipinski definition) is 2. The topological polar surface area (TPSA) is 62.2 Å². The zero-order valence-corrected chi connectivity index (χ0v) is 12.1. The molecule has 1 aromatic carbocycles. The van der Waals surface area contributed by atoms with Crippen LogP contribution in [0.5, 0.6) is 0 Å². The highest BCUT2D eigenvalue weighted by Gasteiger charge is 2.09. The lowest BCUT2D eigenvalue weighted by atomic mass is 10.1. The highest BCUT2D eigenvalue weighted by molar-refractivity contribution is 6.32. The van der Waals surface area contributed by atoms with E-state index in [1.165, 1.54) is 0 Å². The van der Waals surface area contributed by atoms with Crippen LogP contribution in [-0.2, 0) is 0 Å². The quantitative estimate of drug-likeness (QED) is 0.838. The standard InChI is InChI=1S/C16H13ClN2O2/c1-11-15(5-2-8-18-11)19-16(21)13-7-6-12(4-3-9-20)14(17)10-13/h2,5-8,10,20H,9H2,1H3,(H,19,21). The third kappa shape index (κ3) is 3.82. The Kier molecular flexibility index (Phi) is 4.94. The number of carbonyl (C=O) groups is 1. The highest BCUT2D eigenvalue weighted by Crippen LogP contribution is 2.19. The van der Waals surface area contributed by atoms with Crippen LogP contribution in [-0.4, -0.2) is 22.6 Å². The molecule has 0 fully saturated rings. The molecule has 0 saturated carbocycles. The number of anilines is 1. The number of pyridine rings is 1. The van der Waals surface area contributed by atoms with Gasteiger partial charge < -0.3 is 10.4 Å². The maximum absolute atomic E-state index is 12.2. The van der Waals surface area contributed by atoms with Crippen molar-refractivity contribution in [2.75, 3.05) is 11.9 Å². The van der Waals surface area contributed by atoms with Crippen LogP contribution >= 0.6 is 11.6 Å². The lowest BCUT2D eigenvalue weighted by Crippen LogP contribution is -2.13. The van der Waals surface area contributed by atoms with Gasteiger partial charge in [0.2, 0.25) is 0 Å². The number of benzene rings is 1. The Morgan fingerprint density at radius 3 is 2.90 bits per heavy atom. The van der Waals surface area contributed by atoms with Crippen molar-refractivity contribution in [3.8, 4) is 11.8 Å². The van der Waals surface area contributed by atoms with Crippen LogP contribution in [0.1, 0.15) is 21.6 Å². The number of rotatable bonds is 2. The molecule has 0 radical (unpaired) electrons. The molecule has 2 N–H and O–H groups in total. The van der Waals surface area contributed by atoms with Gasteiger partial charge in [-0.1, -0.05) is 23.4 Å². The Morgan fingerprint density at radius 2 is 2.24 bits per heavy atom. The minimum absolute atomic E-state index is 0.237. The van der Waals surface area contributed by atoms with E-state index in [1.807, 2.05) is 6.92 Å².